The van der Waals surface area contributed by atoms with E-state index in [0.29, 0.717) is 6.54 Å². The quantitative estimate of drug-likeness (QED) is 0.802. The van der Waals surface area contributed by atoms with E-state index in [1.165, 1.54) is 7.11 Å². The zero-order chi connectivity index (χ0) is 17.0. The lowest BCUT2D eigenvalue weighted by molar-refractivity contribution is -0.142. The van der Waals surface area contributed by atoms with E-state index in [1.807, 2.05) is 29.2 Å². The number of carbonyl (C=O) groups is 2. The van der Waals surface area contributed by atoms with Gasteiger partial charge in [-0.05, 0) is 17.9 Å². The third kappa shape index (κ3) is 4.41. The van der Waals surface area contributed by atoms with Crippen molar-refractivity contribution in [1.82, 2.24) is 0 Å². The van der Waals surface area contributed by atoms with E-state index in [0.717, 1.165) is 17.7 Å². The Morgan fingerprint density at radius 2 is 2.00 bits per heavy atom. The Balaban J connectivity index is 2.38. The summed E-state index contributed by atoms with van der Waals surface area (Å²) in [5.74, 6) is -0.709. The van der Waals surface area contributed by atoms with Crippen molar-refractivity contribution >= 4 is 23.8 Å². The summed E-state index contributed by atoms with van der Waals surface area (Å²) in [6, 6.07) is 7.12. The minimum absolute atomic E-state index is 0.00511. The normalized spacial score (nSPS) is 17.7. The molecule has 1 aromatic rings. The molecule has 0 radical (unpaired) electrons. The highest BCUT2D eigenvalue weighted by Crippen LogP contribution is 2.29. The lowest BCUT2D eigenvalue weighted by atomic mass is 9.91. The van der Waals surface area contributed by atoms with Gasteiger partial charge < -0.3 is 9.64 Å². The first kappa shape index (κ1) is 17.2. The van der Waals surface area contributed by atoms with E-state index in [-0.39, 0.29) is 17.7 Å². The van der Waals surface area contributed by atoms with Crippen molar-refractivity contribution in [3.63, 3.8) is 0 Å². The van der Waals surface area contributed by atoms with Gasteiger partial charge in [0.15, 0.2) is 0 Å². The fourth-order valence-electron chi connectivity index (χ4n) is 2.55. The molecular formula is C18H24N2O3. The van der Waals surface area contributed by atoms with E-state index in [4.69, 9.17) is 4.74 Å². The van der Waals surface area contributed by atoms with E-state index in [2.05, 4.69) is 25.8 Å². The molecule has 5 heteroatoms. The number of ether oxygens (including phenoxy) is 1. The van der Waals surface area contributed by atoms with Gasteiger partial charge in [-0.15, -0.1) is 0 Å². The fraction of sp³-hybridized carbons (Fsp3) is 0.500. The third-order valence-corrected chi connectivity index (χ3v) is 3.93. The molecule has 0 saturated heterocycles. The van der Waals surface area contributed by atoms with Gasteiger partial charge in [-0.2, -0.15) is 0 Å². The number of para-hydroxylation sites is 1. The van der Waals surface area contributed by atoms with Gasteiger partial charge in [0.1, 0.15) is 6.04 Å². The molecule has 1 aliphatic heterocycles. The van der Waals surface area contributed by atoms with E-state index >= 15 is 0 Å². The molecule has 0 N–H and O–H groups in total. The number of amides is 1. The summed E-state index contributed by atoms with van der Waals surface area (Å²) < 4.78 is 4.75. The standard InChI is InChI=1S/C18H24N2O3/c1-18(2,3)9-10-20-14-8-6-5-7-13(14)12-19-17(22)15(20)11-16(21)23-4/h5-8,12,15H,9-11H2,1-4H3. The molecule has 2 rings (SSSR count). The van der Waals surface area contributed by atoms with E-state index in [9.17, 15) is 9.59 Å². The van der Waals surface area contributed by atoms with Crippen molar-refractivity contribution in [3.8, 4) is 0 Å². The van der Waals surface area contributed by atoms with E-state index < -0.39 is 12.0 Å². The largest absolute Gasteiger partial charge is 0.469 e. The number of anilines is 1. The Morgan fingerprint density at radius 1 is 1.30 bits per heavy atom. The Hall–Kier alpha value is -2.17. The van der Waals surface area contributed by atoms with E-state index in [1.54, 1.807) is 6.21 Å². The van der Waals surface area contributed by atoms with Crippen molar-refractivity contribution in [2.75, 3.05) is 18.6 Å². The van der Waals surface area contributed by atoms with Crippen molar-refractivity contribution in [3.05, 3.63) is 29.8 Å². The van der Waals surface area contributed by atoms with Gasteiger partial charge in [-0.3, -0.25) is 9.59 Å². The van der Waals surface area contributed by atoms with Gasteiger partial charge in [-0.1, -0.05) is 39.0 Å². The number of carbonyl (C=O) groups excluding carboxylic acids is 2. The monoisotopic (exact) mass is 316 g/mol. The highest BCUT2D eigenvalue weighted by atomic mass is 16.5. The average Bonchev–Trinajstić information content (AvgIpc) is 2.63. The molecule has 1 aliphatic rings. The summed E-state index contributed by atoms with van der Waals surface area (Å²) in [4.78, 5) is 30.2. The number of esters is 1. The lowest BCUT2D eigenvalue weighted by Gasteiger charge is -2.33. The molecule has 1 heterocycles. The second-order valence-corrected chi connectivity index (χ2v) is 6.96. The number of hydrogen-bond donors (Lipinski definition) is 0. The molecule has 0 saturated carbocycles. The Labute approximate surface area is 137 Å². The van der Waals surface area contributed by atoms with Gasteiger partial charge in [0.25, 0.3) is 5.91 Å². The molecule has 1 unspecified atom stereocenters. The average molecular weight is 316 g/mol. The fourth-order valence-corrected chi connectivity index (χ4v) is 2.55. The topological polar surface area (TPSA) is 59.0 Å². The first-order valence-corrected chi connectivity index (χ1v) is 7.82. The summed E-state index contributed by atoms with van der Waals surface area (Å²) in [6.07, 6.45) is 2.48. The van der Waals surface area contributed by atoms with Crippen LogP contribution in [0.15, 0.2) is 29.3 Å². The van der Waals surface area contributed by atoms with Crippen LogP contribution in [0.3, 0.4) is 0 Å². The molecule has 1 amide bonds. The smallest absolute Gasteiger partial charge is 0.308 e. The minimum Gasteiger partial charge on any atom is -0.469 e. The summed E-state index contributed by atoms with van der Waals surface area (Å²) in [5.41, 5.74) is 1.95. The zero-order valence-corrected chi connectivity index (χ0v) is 14.2. The number of benzodiazepines with no additional fused rings is 1. The maximum absolute atomic E-state index is 12.4. The number of rotatable bonds is 4. The van der Waals surface area contributed by atoms with Crippen LogP contribution in [0.2, 0.25) is 0 Å². The van der Waals surface area contributed by atoms with Crippen molar-refractivity contribution < 1.29 is 14.3 Å². The number of fused-ring (bicyclic) bond motifs is 1. The summed E-state index contributed by atoms with van der Waals surface area (Å²) in [5, 5.41) is 0. The van der Waals surface area contributed by atoms with Gasteiger partial charge in [0.05, 0.1) is 13.5 Å². The molecule has 1 atom stereocenters. The molecule has 0 spiro atoms. The molecule has 0 aliphatic carbocycles. The molecule has 124 valence electrons. The molecule has 0 bridgehead atoms. The predicted molar refractivity (Wildman–Crippen MR) is 90.9 cm³/mol. The van der Waals surface area contributed by atoms with Gasteiger partial charge in [-0.25, -0.2) is 4.99 Å². The number of nitrogens with zero attached hydrogens (tertiary/aromatic N) is 2. The van der Waals surface area contributed by atoms with Gasteiger partial charge in [0, 0.05) is 24.0 Å². The Bertz CT molecular complexity index is 617. The SMILES string of the molecule is COC(=O)CC1C(=O)N=Cc2ccccc2N1CCC(C)(C)C. The highest BCUT2D eigenvalue weighted by Gasteiger charge is 2.32. The maximum atomic E-state index is 12.4. The van der Waals surface area contributed by atoms with Crippen LogP contribution in [-0.2, 0) is 14.3 Å². The van der Waals surface area contributed by atoms with Gasteiger partial charge in [0.2, 0.25) is 0 Å². The first-order chi connectivity index (χ1) is 10.8. The van der Waals surface area contributed by atoms with Crippen molar-refractivity contribution in [1.29, 1.82) is 0 Å². The maximum Gasteiger partial charge on any atom is 0.308 e. The van der Waals surface area contributed by atoms with Crippen LogP contribution in [0.1, 0.15) is 39.2 Å². The zero-order valence-electron chi connectivity index (χ0n) is 14.2. The van der Waals surface area contributed by atoms with Gasteiger partial charge >= 0.3 is 5.97 Å². The third-order valence-electron chi connectivity index (χ3n) is 3.93. The number of benzene rings is 1. The Morgan fingerprint density at radius 3 is 2.65 bits per heavy atom. The van der Waals surface area contributed by atoms with Crippen LogP contribution in [0.5, 0.6) is 0 Å². The number of hydrogen-bond acceptors (Lipinski definition) is 4. The molecular weight excluding hydrogens is 292 g/mol. The van der Waals surface area contributed by atoms with Crippen LogP contribution < -0.4 is 4.90 Å². The second kappa shape index (κ2) is 6.94. The number of methoxy groups -OCH3 is 1. The summed E-state index contributed by atoms with van der Waals surface area (Å²) in [7, 11) is 1.33. The predicted octanol–water partition coefficient (Wildman–Crippen LogP) is 2.82. The molecule has 0 fully saturated rings. The molecule has 1 aromatic carbocycles. The number of aliphatic imine (C=N–C) groups is 1. The minimum atomic E-state index is -0.621. The lowest BCUT2D eigenvalue weighted by Crippen LogP contribution is -2.43. The highest BCUT2D eigenvalue weighted by molar-refractivity contribution is 6.03. The van der Waals surface area contributed by atoms with Crippen LogP contribution >= 0.6 is 0 Å². The second-order valence-electron chi connectivity index (χ2n) is 6.96. The Kier molecular flexibility index (Phi) is 5.19. The molecule has 5 nitrogen and oxygen atoms in total. The van der Waals surface area contributed by atoms with Crippen LogP contribution in [0.4, 0.5) is 5.69 Å². The van der Waals surface area contributed by atoms with Crippen molar-refractivity contribution in [2.24, 2.45) is 10.4 Å². The molecule has 23 heavy (non-hydrogen) atoms. The summed E-state index contributed by atoms with van der Waals surface area (Å²) in [6.45, 7) is 7.15. The first-order valence-electron chi connectivity index (χ1n) is 7.82. The van der Waals surface area contributed by atoms with Crippen LogP contribution in [-0.4, -0.2) is 37.8 Å². The van der Waals surface area contributed by atoms with Crippen LogP contribution in [0, 0.1) is 5.41 Å². The summed E-state index contributed by atoms with van der Waals surface area (Å²) >= 11 is 0. The van der Waals surface area contributed by atoms with Crippen molar-refractivity contribution in [2.45, 2.75) is 39.7 Å². The molecule has 0 aromatic heterocycles. The van der Waals surface area contributed by atoms with Crippen LogP contribution in [0.25, 0.3) is 0 Å².